The van der Waals surface area contributed by atoms with Crippen molar-refractivity contribution in [2.75, 3.05) is 0 Å². The average molecular weight is 398 g/mol. The van der Waals surface area contributed by atoms with Crippen molar-refractivity contribution in [3.05, 3.63) is 22.7 Å². The summed E-state index contributed by atoms with van der Waals surface area (Å²) >= 11 is 1.57. The predicted octanol–water partition coefficient (Wildman–Crippen LogP) is -0.701. The number of rotatable bonds is 2. The van der Waals surface area contributed by atoms with E-state index in [-0.39, 0.29) is 76.6 Å². The van der Waals surface area contributed by atoms with Gasteiger partial charge < -0.3 is 10.9 Å². The van der Waals surface area contributed by atoms with Crippen molar-refractivity contribution in [3.8, 4) is 5.75 Å². The summed E-state index contributed by atoms with van der Waals surface area (Å²) in [5, 5.41) is 14.1. The maximum atomic E-state index is 9.80. The Bertz CT molecular complexity index is 556. The molecule has 1 radical (unpaired) electrons. The summed E-state index contributed by atoms with van der Waals surface area (Å²) in [5.41, 5.74) is 1.29. The number of hydrogen-bond donors (Lipinski definition) is 2. The molecule has 4 nitrogen and oxygen atoms in total. The molecule has 1 aromatic heterocycles. The SMILES string of the molecule is CC(C)c1nc2c(O)cc([C-]=NN)cc2s1.[Na+].[Pr]. The molecule has 0 amide bonds. The Labute approximate surface area is 165 Å². The van der Waals surface area contributed by atoms with Gasteiger partial charge in [-0.15, -0.1) is 23.5 Å². The van der Waals surface area contributed by atoms with Crippen LogP contribution >= 0.6 is 11.3 Å². The van der Waals surface area contributed by atoms with Crippen LogP contribution in [0.25, 0.3) is 10.2 Å². The minimum atomic E-state index is 0. The van der Waals surface area contributed by atoms with Crippen LogP contribution in [0.15, 0.2) is 17.2 Å². The van der Waals surface area contributed by atoms with Gasteiger partial charge in [0, 0.05) is 51.9 Å². The number of thiazole rings is 1. The van der Waals surface area contributed by atoms with E-state index in [0.717, 1.165) is 9.71 Å². The van der Waals surface area contributed by atoms with Crippen molar-refractivity contribution in [2.45, 2.75) is 19.8 Å². The van der Waals surface area contributed by atoms with Gasteiger partial charge in [0.15, 0.2) is 0 Å². The third-order valence-electron chi connectivity index (χ3n) is 2.18. The number of hydrogen-bond acceptors (Lipinski definition) is 5. The van der Waals surface area contributed by atoms with E-state index in [1.54, 1.807) is 17.4 Å². The molecule has 0 bridgehead atoms. The number of aromatic nitrogens is 1. The molecule has 18 heavy (non-hydrogen) atoms. The minimum Gasteiger partial charge on any atom is -0.519 e. The summed E-state index contributed by atoms with van der Waals surface area (Å²) in [5.74, 6) is 5.53. The Balaban J connectivity index is 0.00000144. The van der Waals surface area contributed by atoms with Gasteiger partial charge in [0.2, 0.25) is 0 Å². The molecule has 7 heteroatoms. The number of nitrogens with two attached hydrogens (primary N) is 1. The quantitative estimate of drug-likeness (QED) is 0.231. The average Bonchev–Trinajstić information content (AvgIpc) is 2.62. The van der Waals surface area contributed by atoms with Crippen molar-refractivity contribution >= 4 is 27.8 Å². The van der Waals surface area contributed by atoms with Gasteiger partial charge in [-0.3, -0.25) is 5.10 Å². The summed E-state index contributed by atoms with van der Waals surface area (Å²) < 4.78 is 0.926. The van der Waals surface area contributed by atoms with Crippen LogP contribution in [0.1, 0.15) is 30.3 Å². The summed E-state index contributed by atoms with van der Waals surface area (Å²) in [6.45, 7) is 4.15. The summed E-state index contributed by atoms with van der Waals surface area (Å²) in [6, 6.07) is 3.43. The fourth-order valence-electron chi connectivity index (χ4n) is 1.42. The molecule has 0 saturated carbocycles. The van der Waals surface area contributed by atoms with Crippen LogP contribution < -0.4 is 35.4 Å². The van der Waals surface area contributed by atoms with Crippen LogP contribution in [-0.2, 0) is 0 Å². The molecule has 1 aromatic carbocycles. The van der Waals surface area contributed by atoms with E-state index in [1.807, 2.05) is 6.07 Å². The predicted molar refractivity (Wildman–Crippen MR) is 66.1 cm³/mol. The molecule has 87 valence electrons. The number of benzene rings is 1. The van der Waals surface area contributed by atoms with Crippen LogP contribution in [0.5, 0.6) is 5.75 Å². The first-order valence-corrected chi connectivity index (χ1v) is 5.73. The molecule has 0 aliphatic carbocycles. The fourth-order valence-corrected chi connectivity index (χ4v) is 2.45. The van der Waals surface area contributed by atoms with E-state index in [4.69, 9.17) is 5.84 Å². The van der Waals surface area contributed by atoms with Crippen LogP contribution in [0.4, 0.5) is 0 Å². The van der Waals surface area contributed by atoms with Crippen LogP contribution in [0, 0.1) is 41.3 Å². The van der Waals surface area contributed by atoms with E-state index in [9.17, 15) is 5.11 Å². The molecule has 1 heterocycles. The first kappa shape index (κ1) is 18.7. The number of fused-ring (bicyclic) bond motifs is 1. The second kappa shape index (κ2) is 8.12. The molecule has 0 saturated heterocycles. The van der Waals surface area contributed by atoms with Gasteiger partial charge in [-0.1, -0.05) is 13.8 Å². The standard InChI is InChI=1S/C11H12N3OS.Na.Pr/c1-6(2)11-14-10-8(15)3-7(5-13-12)4-9(10)16-11;;/h3-4,6,15H,12H2,1-2H3;;/q-1;+1;. The van der Waals surface area contributed by atoms with Crippen LogP contribution in [-0.4, -0.2) is 16.3 Å². The zero-order chi connectivity index (χ0) is 11.7. The molecule has 3 N–H and O–H groups in total. The topological polar surface area (TPSA) is 71.5 Å². The molecule has 2 rings (SSSR count). The van der Waals surface area contributed by atoms with Crippen molar-refractivity contribution < 1.29 is 76.0 Å². The zero-order valence-electron chi connectivity index (χ0n) is 10.6. The van der Waals surface area contributed by atoms with Crippen molar-refractivity contribution in [1.82, 2.24) is 4.98 Å². The summed E-state index contributed by atoms with van der Waals surface area (Å²) in [7, 11) is 0. The third-order valence-corrected chi connectivity index (χ3v) is 3.48. The molecule has 0 fully saturated rings. The second-order valence-electron chi connectivity index (χ2n) is 3.79. The number of phenolic OH excluding ortho intramolecular Hbond substituents is 1. The molecule has 0 spiro atoms. The van der Waals surface area contributed by atoms with Crippen molar-refractivity contribution in [3.63, 3.8) is 0 Å². The number of nitrogens with zero attached hydrogens (tertiary/aromatic N) is 2. The second-order valence-corrected chi connectivity index (χ2v) is 4.85. The normalized spacial score (nSPS) is 10.6. The monoisotopic (exact) mass is 398 g/mol. The Morgan fingerprint density at radius 2 is 2.11 bits per heavy atom. The number of aromatic hydroxyl groups is 1. The first-order chi connectivity index (χ1) is 7.61. The Kier molecular flexibility index (Phi) is 8.46. The van der Waals surface area contributed by atoms with Crippen LogP contribution in [0.2, 0.25) is 0 Å². The minimum absolute atomic E-state index is 0. The van der Waals surface area contributed by atoms with Gasteiger partial charge in [-0.2, -0.15) is 5.56 Å². The molecule has 0 aliphatic rings. The van der Waals surface area contributed by atoms with E-state index >= 15 is 0 Å². The van der Waals surface area contributed by atoms with Crippen LogP contribution in [0.3, 0.4) is 0 Å². The molecule has 0 unspecified atom stereocenters. The zero-order valence-corrected chi connectivity index (χ0v) is 17.2. The Morgan fingerprint density at radius 3 is 2.67 bits per heavy atom. The Hall–Kier alpha value is 0.744. The molecule has 0 aliphatic heterocycles. The van der Waals surface area contributed by atoms with E-state index in [2.05, 4.69) is 30.1 Å². The van der Waals surface area contributed by atoms with Gasteiger partial charge in [0.25, 0.3) is 0 Å². The van der Waals surface area contributed by atoms with E-state index in [1.165, 1.54) is 0 Å². The summed E-state index contributed by atoms with van der Waals surface area (Å²) in [4.78, 5) is 4.39. The third kappa shape index (κ3) is 4.12. The van der Waals surface area contributed by atoms with Gasteiger partial charge in [-0.05, 0) is 6.21 Å². The van der Waals surface area contributed by atoms with Crippen molar-refractivity contribution in [2.24, 2.45) is 10.9 Å². The number of phenols is 1. The summed E-state index contributed by atoms with van der Waals surface area (Å²) in [6.07, 6.45) is 2.60. The Morgan fingerprint density at radius 1 is 1.44 bits per heavy atom. The molecule has 0 atom stereocenters. The number of hydrazone groups is 1. The van der Waals surface area contributed by atoms with Gasteiger partial charge in [0.05, 0.1) is 16.3 Å². The maximum absolute atomic E-state index is 9.80. The smallest absolute Gasteiger partial charge is 0.519 e. The molecular formula is C11H12N3NaOPrS. The van der Waals surface area contributed by atoms with E-state index in [0.29, 0.717) is 17.0 Å². The first-order valence-electron chi connectivity index (χ1n) is 4.91. The van der Waals surface area contributed by atoms with E-state index < -0.39 is 0 Å². The van der Waals surface area contributed by atoms with Gasteiger partial charge in [0.1, 0.15) is 0 Å². The molecular weight excluding hydrogens is 386 g/mol. The molecule has 2 aromatic rings. The van der Waals surface area contributed by atoms with Crippen molar-refractivity contribution in [1.29, 1.82) is 0 Å². The maximum Gasteiger partial charge on any atom is 1.00 e. The largest absolute Gasteiger partial charge is 1.00 e. The van der Waals surface area contributed by atoms with Gasteiger partial charge in [-0.25, -0.2) is 4.98 Å². The fraction of sp³-hybridized carbons (Fsp3) is 0.273. The van der Waals surface area contributed by atoms with Gasteiger partial charge >= 0.3 is 29.6 Å².